The summed E-state index contributed by atoms with van der Waals surface area (Å²) >= 11 is 0. The van der Waals surface area contributed by atoms with Gasteiger partial charge in [-0.2, -0.15) is 0 Å². The molecule has 0 bridgehead atoms. The molecule has 1 aliphatic carbocycles. The van der Waals surface area contributed by atoms with Gasteiger partial charge < -0.3 is 4.74 Å². The lowest BCUT2D eigenvalue weighted by atomic mass is 10.0. The zero-order valence-electron chi connectivity index (χ0n) is 7.54. The molecule has 1 aliphatic rings. The molecular weight excluding hydrogens is 152 g/mol. The van der Waals surface area contributed by atoms with E-state index >= 15 is 0 Å². The van der Waals surface area contributed by atoms with Gasteiger partial charge in [0.1, 0.15) is 6.10 Å². The van der Waals surface area contributed by atoms with E-state index < -0.39 is 0 Å². The van der Waals surface area contributed by atoms with Crippen molar-refractivity contribution < 1.29 is 9.53 Å². The Morgan fingerprint density at radius 3 is 2.92 bits per heavy atom. The standard InChI is InChI=1S/C10H14O2/c1-3-9-4-6-10(7-5-9)12-8(2)11/h4-6,10H,3,7H2,1-2H3. The van der Waals surface area contributed by atoms with E-state index in [1.54, 1.807) is 0 Å². The smallest absolute Gasteiger partial charge is 0.303 e. The fourth-order valence-electron chi connectivity index (χ4n) is 1.21. The minimum Gasteiger partial charge on any atom is -0.458 e. The van der Waals surface area contributed by atoms with Crippen LogP contribution in [0.25, 0.3) is 0 Å². The molecule has 12 heavy (non-hydrogen) atoms. The van der Waals surface area contributed by atoms with E-state index in [1.807, 2.05) is 12.2 Å². The number of allylic oxidation sites excluding steroid dienone is 2. The average Bonchev–Trinajstić information content (AvgIpc) is 2.05. The van der Waals surface area contributed by atoms with E-state index in [9.17, 15) is 4.79 Å². The molecule has 0 N–H and O–H groups in total. The molecule has 0 fully saturated rings. The Labute approximate surface area is 72.9 Å². The van der Waals surface area contributed by atoms with Gasteiger partial charge in [-0.25, -0.2) is 0 Å². The number of hydrogen-bond donors (Lipinski definition) is 0. The molecule has 0 saturated heterocycles. The molecule has 0 amide bonds. The number of esters is 1. The Balaban J connectivity index is 2.43. The van der Waals surface area contributed by atoms with Gasteiger partial charge >= 0.3 is 5.97 Å². The number of carbonyl (C=O) groups is 1. The van der Waals surface area contributed by atoms with Crippen LogP contribution in [0.3, 0.4) is 0 Å². The zero-order valence-corrected chi connectivity index (χ0v) is 7.54. The first-order valence-electron chi connectivity index (χ1n) is 4.27. The summed E-state index contributed by atoms with van der Waals surface area (Å²) < 4.78 is 5.01. The van der Waals surface area contributed by atoms with Crippen molar-refractivity contribution in [1.29, 1.82) is 0 Å². The van der Waals surface area contributed by atoms with Crippen LogP contribution in [0.4, 0.5) is 0 Å². The lowest BCUT2D eigenvalue weighted by Crippen LogP contribution is -2.14. The van der Waals surface area contributed by atoms with Crippen molar-refractivity contribution in [2.45, 2.75) is 32.8 Å². The van der Waals surface area contributed by atoms with E-state index in [2.05, 4.69) is 13.0 Å². The largest absolute Gasteiger partial charge is 0.458 e. The fourth-order valence-corrected chi connectivity index (χ4v) is 1.21. The highest BCUT2D eigenvalue weighted by Crippen LogP contribution is 2.15. The minimum atomic E-state index is -0.210. The lowest BCUT2D eigenvalue weighted by molar-refractivity contribution is -0.144. The molecule has 0 aromatic heterocycles. The highest BCUT2D eigenvalue weighted by Gasteiger charge is 2.09. The monoisotopic (exact) mass is 166 g/mol. The Hall–Kier alpha value is -1.05. The molecular formula is C10H14O2. The van der Waals surface area contributed by atoms with Crippen molar-refractivity contribution in [3.63, 3.8) is 0 Å². The van der Waals surface area contributed by atoms with Crippen LogP contribution in [0, 0.1) is 0 Å². The minimum absolute atomic E-state index is 0.0437. The summed E-state index contributed by atoms with van der Waals surface area (Å²) in [5, 5.41) is 0. The summed E-state index contributed by atoms with van der Waals surface area (Å²) in [5.74, 6) is -0.210. The topological polar surface area (TPSA) is 26.3 Å². The van der Waals surface area contributed by atoms with Crippen LogP contribution < -0.4 is 0 Å². The summed E-state index contributed by atoms with van der Waals surface area (Å²) in [7, 11) is 0. The third kappa shape index (κ3) is 2.53. The van der Waals surface area contributed by atoms with Crippen molar-refractivity contribution in [2.75, 3.05) is 0 Å². The van der Waals surface area contributed by atoms with Crippen LogP contribution in [0.15, 0.2) is 23.8 Å². The van der Waals surface area contributed by atoms with Crippen LogP contribution in [0.5, 0.6) is 0 Å². The van der Waals surface area contributed by atoms with Crippen molar-refractivity contribution >= 4 is 5.97 Å². The second-order valence-corrected chi connectivity index (χ2v) is 2.88. The predicted octanol–water partition coefficient (Wildman–Crippen LogP) is 2.21. The highest BCUT2D eigenvalue weighted by molar-refractivity contribution is 5.66. The van der Waals surface area contributed by atoms with Gasteiger partial charge in [0, 0.05) is 13.3 Å². The first-order chi connectivity index (χ1) is 5.72. The number of ether oxygens (including phenoxy) is 1. The van der Waals surface area contributed by atoms with Gasteiger partial charge in [-0.15, -0.1) is 0 Å². The highest BCUT2D eigenvalue weighted by atomic mass is 16.5. The van der Waals surface area contributed by atoms with Crippen molar-refractivity contribution in [2.24, 2.45) is 0 Å². The second-order valence-electron chi connectivity index (χ2n) is 2.88. The van der Waals surface area contributed by atoms with Crippen LogP contribution in [0.1, 0.15) is 26.7 Å². The van der Waals surface area contributed by atoms with E-state index in [1.165, 1.54) is 12.5 Å². The van der Waals surface area contributed by atoms with Gasteiger partial charge in [0.05, 0.1) is 0 Å². The van der Waals surface area contributed by atoms with Gasteiger partial charge in [-0.1, -0.05) is 24.6 Å². The summed E-state index contributed by atoms with van der Waals surface area (Å²) in [5.41, 5.74) is 1.32. The number of carbonyl (C=O) groups excluding carboxylic acids is 1. The summed E-state index contributed by atoms with van der Waals surface area (Å²) in [6.45, 7) is 3.55. The first kappa shape index (κ1) is 9.04. The van der Waals surface area contributed by atoms with Crippen molar-refractivity contribution in [1.82, 2.24) is 0 Å². The summed E-state index contributed by atoms with van der Waals surface area (Å²) in [4.78, 5) is 10.6. The van der Waals surface area contributed by atoms with Crippen LogP contribution in [0.2, 0.25) is 0 Å². The molecule has 1 unspecified atom stereocenters. The fraction of sp³-hybridized carbons (Fsp3) is 0.500. The quantitative estimate of drug-likeness (QED) is 0.588. The normalized spacial score (nSPS) is 21.8. The van der Waals surface area contributed by atoms with Crippen LogP contribution >= 0.6 is 0 Å². The average molecular weight is 166 g/mol. The maximum atomic E-state index is 10.6. The number of hydrogen-bond acceptors (Lipinski definition) is 2. The summed E-state index contributed by atoms with van der Waals surface area (Å²) in [6, 6.07) is 0. The van der Waals surface area contributed by atoms with Gasteiger partial charge in [0.15, 0.2) is 0 Å². The molecule has 0 spiro atoms. The van der Waals surface area contributed by atoms with E-state index in [-0.39, 0.29) is 12.1 Å². The maximum absolute atomic E-state index is 10.6. The molecule has 0 radical (unpaired) electrons. The molecule has 0 aromatic carbocycles. The number of rotatable bonds is 2. The molecule has 1 rings (SSSR count). The second kappa shape index (κ2) is 4.10. The molecule has 66 valence electrons. The van der Waals surface area contributed by atoms with Gasteiger partial charge in [-0.05, 0) is 12.5 Å². The Morgan fingerprint density at radius 1 is 1.75 bits per heavy atom. The third-order valence-electron chi connectivity index (χ3n) is 1.86. The molecule has 2 heteroatoms. The van der Waals surface area contributed by atoms with Gasteiger partial charge in [-0.3, -0.25) is 4.79 Å². The van der Waals surface area contributed by atoms with Crippen molar-refractivity contribution in [3.05, 3.63) is 23.8 Å². The summed E-state index contributed by atoms with van der Waals surface area (Å²) in [6.07, 6.45) is 7.91. The lowest BCUT2D eigenvalue weighted by Gasteiger charge is -2.15. The van der Waals surface area contributed by atoms with E-state index in [0.29, 0.717) is 0 Å². The molecule has 1 atom stereocenters. The Morgan fingerprint density at radius 2 is 2.50 bits per heavy atom. The molecule has 2 nitrogen and oxygen atoms in total. The third-order valence-corrected chi connectivity index (χ3v) is 1.86. The van der Waals surface area contributed by atoms with Crippen LogP contribution in [-0.2, 0) is 9.53 Å². The predicted molar refractivity (Wildman–Crippen MR) is 47.7 cm³/mol. The van der Waals surface area contributed by atoms with Gasteiger partial charge in [0.25, 0.3) is 0 Å². The van der Waals surface area contributed by atoms with E-state index in [4.69, 9.17) is 4.74 Å². The van der Waals surface area contributed by atoms with E-state index in [0.717, 1.165) is 12.8 Å². The SMILES string of the molecule is CCC1=CCC(OC(C)=O)C=C1. The first-order valence-corrected chi connectivity index (χ1v) is 4.27. The van der Waals surface area contributed by atoms with Crippen LogP contribution in [-0.4, -0.2) is 12.1 Å². The Kier molecular flexibility index (Phi) is 3.09. The Bertz CT molecular complexity index is 226. The molecule has 0 heterocycles. The molecule has 0 aromatic rings. The zero-order chi connectivity index (χ0) is 8.97. The van der Waals surface area contributed by atoms with Gasteiger partial charge in [0.2, 0.25) is 0 Å². The van der Waals surface area contributed by atoms with Crippen molar-refractivity contribution in [3.8, 4) is 0 Å². The molecule has 0 aliphatic heterocycles. The maximum Gasteiger partial charge on any atom is 0.303 e. The molecule has 0 saturated carbocycles.